The first-order valence-corrected chi connectivity index (χ1v) is 4.24. The van der Waals surface area contributed by atoms with E-state index in [-0.39, 0.29) is 5.60 Å². The Kier molecular flexibility index (Phi) is 1.46. The standard InChI is InChI=1S/C8H15NO/c10-8(3-4-8)7-2-1-5-9-6-7/h7,9-10H,1-6H2. The summed E-state index contributed by atoms with van der Waals surface area (Å²) in [6, 6.07) is 0. The molecule has 0 radical (unpaired) electrons. The van der Waals surface area contributed by atoms with Gasteiger partial charge in [-0.25, -0.2) is 0 Å². The fraction of sp³-hybridized carbons (Fsp3) is 1.00. The second kappa shape index (κ2) is 2.21. The number of hydrogen-bond donors (Lipinski definition) is 2. The average Bonchev–Trinajstić information content (AvgIpc) is 2.72. The summed E-state index contributed by atoms with van der Waals surface area (Å²) in [5.74, 6) is 0.557. The summed E-state index contributed by atoms with van der Waals surface area (Å²) in [6.45, 7) is 2.18. The molecule has 2 aliphatic rings. The average molecular weight is 141 g/mol. The van der Waals surface area contributed by atoms with Crippen molar-refractivity contribution >= 4 is 0 Å². The summed E-state index contributed by atoms with van der Waals surface area (Å²) in [4.78, 5) is 0. The Labute approximate surface area is 61.6 Å². The van der Waals surface area contributed by atoms with E-state index in [2.05, 4.69) is 5.32 Å². The van der Waals surface area contributed by atoms with Crippen molar-refractivity contribution < 1.29 is 5.11 Å². The van der Waals surface area contributed by atoms with E-state index >= 15 is 0 Å². The van der Waals surface area contributed by atoms with E-state index < -0.39 is 0 Å². The third-order valence-corrected chi connectivity index (χ3v) is 2.82. The van der Waals surface area contributed by atoms with Crippen molar-refractivity contribution in [3.63, 3.8) is 0 Å². The van der Waals surface area contributed by atoms with Crippen LogP contribution in [0, 0.1) is 5.92 Å². The summed E-state index contributed by atoms with van der Waals surface area (Å²) in [5, 5.41) is 13.0. The van der Waals surface area contributed by atoms with Crippen molar-refractivity contribution in [3.8, 4) is 0 Å². The van der Waals surface area contributed by atoms with E-state index in [9.17, 15) is 5.11 Å². The molecule has 1 saturated heterocycles. The fourth-order valence-corrected chi connectivity index (χ4v) is 1.85. The quantitative estimate of drug-likeness (QED) is 0.557. The molecule has 0 bridgehead atoms. The minimum atomic E-state index is -0.243. The number of hydrogen-bond acceptors (Lipinski definition) is 2. The van der Waals surface area contributed by atoms with Crippen LogP contribution in [0.25, 0.3) is 0 Å². The number of rotatable bonds is 1. The molecule has 0 aromatic rings. The third-order valence-electron chi connectivity index (χ3n) is 2.82. The van der Waals surface area contributed by atoms with Gasteiger partial charge in [-0.05, 0) is 32.2 Å². The first-order chi connectivity index (χ1) is 4.81. The van der Waals surface area contributed by atoms with E-state index in [1.807, 2.05) is 0 Å². The maximum Gasteiger partial charge on any atom is 0.0690 e. The summed E-state index contributed by atoms with van der Waals surface area (Å²) in [6.07, 6.45) is 4.55. The summed E-state index contributed by atoms with van der Waals surface area (Å²) < 4.78 is 0. The van der Waals surface area contributed by atoms with E-state index in [0.717, 1.165) is 25.9 Å². The molecule has 1 aliphatic carbocycles. The van der Waals surface area contributed by atoms with Crippen LogP contribution in [0.15, 0.2) is 0 Å². The zero-order valence-corrected chi connectivity index (χ0v) is 6.27. The van der Waals surface area contributed by atoms with Gasteiger partial charge in [-0.3, -0.25) is 0 Å². The Morgan fingerprint density at radius 2 is 2.20 bits per heavy atom. The van der Waals surface area contributed by atoms with Crippen molar-refractivity contribution in [1.29, 1.82) is 0 Å². The second-order valence-corrected chi connectivity index (χ2v) is 3.65. The van der Waals surface area contributed by atoms with Gasteiger partial charge in [0, 0.05) is 12.5 Å². The molecule has 2 nitrogen and oxygen atoms in total. The van der Waals surface area contributed by atoms with Gasteiger partial charge in [0.05, 0.1) is 5.60 Å². The Morgan fingerprint density at radius 1 is 1.40 bits per heavy atom. The van der Waals surface area contributed by atoms with Crippen LogP contribution in [0.2, 0.25) is 0 Å². The highest BCUT2D eigenvalue weighted by Crippen LogP contribution is 2.44. The zero-order chi connectivity index (χ0) is 7.03. The molecule has 10 heavy (non-hydrogen) atoms. The van der Waals surface area contributed by atoms with Crippen LogP contribution in [0.1, 0.15) is 25.7 Å². The molecule has 1 unspecified atom stereocenters. The predicted molar refractivity (Wildman–Crippen MR) is 39.8 cm³/mol. The monoisotopic (exact) mass is 141 g/mol. The van der Waals surface area contributed by atoms with E-state index in [1.165, 1.54) is 12.8 Å². The molecule has 1 heterocycles. The fourth-order valence-electron chi connectivity index (χ4n) is 1.85. The normalized spacial score (nSPS) is 37.5. The van der Waals surface area contributed by atoms with E-state index in [1.54, 1.807) is 0 Å². The SMILES string of the molecule is OC1(C2CCCNC2)CC1. The molecule has 2 N–H and O–H groups in total. The van der Waals surface area contributed by atoms with Crippen LogP contribution in [0.3, 0.4) is 0 Å². The van der Waals surface area contributed by atoms with Crippen molar-refractivity contribution in [2.45, 2.75) is 31.3 Å². The Hall–Kier alpha value is -0.0800. The molecular weight excluding hydrogens is 126 g/mol. The van der Waals surface area contributed by atoms with Gasteiger partial charge >= 0.3 is 0 Å². The number of nitrogens with one attached hydrogen (secondary N) is 1. The lowest BCUT2D eigenvalue weighted by Crippen LogP contribution is -2.37. The molecule has 1 saturated carbocycles. The van der Waals surface area contributed by atoms with Gasteiger partial charge in [-0.1, -0.05) is 0 Å². The van der Waals surface area contributed by atoms with Gasteiger partial charge in [0.15, 0.2) is 0 Å². The van der Waals surface area contributed by atoms with Gasteiger partial charge in [-0.15, -0.1) is 0 Å². The Balaban J connectivity index is 1.91. The van der Waals surface area contributed by atoms with Crippen LogP contribution in [0.5, 0.6) is 0 Å². The van der Waals surface area contributed by atoms with Crippen LogP contribution in [-0.4, -0.2) is 23.8 Å². The van der Waals surface area contributed by atoms with Gasteiger partial charge < -0.3 is 10.4 Å². The van der Waals surface area contributed by atoms with Crippen LogP contribution in [0.4, 0.5) is 0 Å². The zero-order valence-electron chi connectivity index (χ0n) is 6.27. The minimum Gasteiger partial charge on any atom is -0.390 e. The van der Waals surface area contributed by atoms with Crippen molar-refractivity contribution in [2.24, 2.45) is 5.92 Å². The highest BCUT2D eigenvalue weighted by atomic mass is 16.3. The first-order valence-electron chi connectivity index (χ1n) is 4.24. The lowest BCUT2D eigenvalue weighted by molar-refractivity contribution is 0.0677. The van der Waals surface area contributed by atoms with Gasteiger partial charge in [-0.2, -0.15) is 0 Å². The molecule has 2 rings (SSSR count). The lowest BCUT2D eigenvalue weighted by atomic mass is 9.92. The summed E-state index contributed by atoms with van der Waals surface area (Å²) >= 11 is 0. The predicted octanol–water partition coefficient (Wildman–Crippen LogP) is 0.511. The van der Waals surface area contributed by atoms with Crippen molar-refractivity contribution in [3.05, 3.63) is 0 Å². The molecule has 2 fully saturated rings. The van der Waals surface area contributed by atoms with Gasteiger partial charge in [0.25, 0.3) is 0 Å². The highest BCUT2D eigenvalue weighted by Gasteiger charge is 2.47. The molecule has 1 aliphatic heterocycles. The van der Waals surface area contributed by atoms with Crippen molar-refractivity contribution in [1.82, 2.24) is 5.32 Å². The molecule has 2 heteroatoms. The number of piperidine rings is 1. The highest BCUT2D eigenvalue weighted by molar-refractivity contribution is 5.00. The molecule has 58 valence electrons. The molecule has 0 aromatic heterocycles. The largest absolute Gasteiger partial charge is 0.390 e. The molecule has 0 amide bonds. The molecule has 0 spiro atoms. The molecule has 1 atom stereocenters. The molecular formula is C8H15NO. The molecule has 0 aromatic carbocycles. The minimum absolute atomic E-state index is 0.243. The Bertz CT molecular complexity index is 125. The second-order valence-electron chi connectivity index (χ2n) is 3.65. The van der Waals surface area contributed by atoms with Gasteiger partial charge in [0.1, 0.15) is 0 Å². The van der Waals surface area contributed by atoms with E-state index in [4.69, 9.17) is 0 Å². The smallest absolute Gasteiger partial charge is 0.0690 e. The van der Waals surface area contributed by atoms with Crippen molar-refractivity contribution in [2.75, 3.05) is 13.1 Å². The topological polar surface area (TPSA) is 32.3 Å². The first kappa shape index (κ1) is 6.62. The van der Waals surface area contributed by atoms with Crippen LogP contribution >= 0.6 is 0 Å². The van der Waals surface area contributed by atoms with Crippen LogP contribution in [-0.2, 0) is 0 Å². The summed E-state index contributed by atoms with van der Waals surface area (Å²) in [5.41, 5.74) is -0.243. The third kappa shape index (κ3) is 1.06. The van der Waals surface area contributed by atoms with Crippen LogP contribution < -0.4 is 5.32 Å². The summed E-state index contributed by atoms with van der Waals surface area (Å²) in [7, 11) is 0. The van der Waals surface area contributed by atoms with Gasteiger partial charge in [0.2, 0.25) is 0 Å². The number of aliphatic hydroxyl groups is 1. The maximum atomic E-state index is 9.71. The lowest BCUT2D eigenvalue weighted by Gasteiger charge is -2.26. The Morgan fingerprint density at radius 3 is 2.70 bits per heavy atom. The maximum absolute atomic E-state index is 9.71. The van der Waals surface area contributed by atoms with E-state index in [0.29, 0.717) is 5.92 Å².